The first-order valence-electron chi connectivity index (χ1n) is 6.49. The number of nitrogens with zero attached hydrogens (tertiary/aromatic N) is 2. The zero-order valence-corrected chi connectivity index (χ0v) is 11.4. The standard InChI is InChI=1S/C15H18N4O/c1-2-19(11-12-7-9-17-10-8-12)15(20)13-3-5-14(18-16)6-4-13/h3-10,18H,2,11,16H2,1H3. The summed E-state index contributed by atoms with van der Waals surface area (Å²) in [6.45, 7) is 3.20. The van der Waals surface area contributed by atoms with Crippen LogP contribution >= 0.6 is 0 Å². The molecule has 0 aliphatic carbocycles. The number of rotatable bonds is 5. The molecule has 0 atom stereocenters. The second kappa shape index (κ2) is 6.68. The lowest BCUT2D eigenvalue weighted by Crippen LogP contribution is -2.30. The van der Waals surface area contributed by atoms with Gasteiger partial charge in [-0.3, -0.25) is 15.6 Å². The third kappa shape index (κ3) is 3.33. The Hall–Kier alpha value is -2.40. The van der Waals surface area contributed by atoms with Crippen LogP contribution in [0.5, 0.6) is 0 Å². The van der Waals surface area contributed by atoms with Crippen LogP contribution in [0, 0.1) is 0 Å². The van der Waals surface area contributed by atoms with E-state index in [0.29, 0.717) is 18.7 Å². The number of hydrazine groups is 1. The van der Waals surface area contributed by atoms with Crippen LogP contribution in [0.1, 0.15) is 22.8 Å². The molecule has 2 rings (SSSR count). The van der Waals surface area contributed by atoms with Crippen LogP contribution in [0.2, 0.25) is 0 Å². The van der Waals surface area contributed by atoms with Gasteiger partial charge in [-0.15, -0.1) is 0 Å². The molecular weight excluding hydrogens is 252 g/mol. The van der Waals surface area contributed by atoms with Gasteiger partial charge in [0, 0.05) is 36.7 Å². The van der Waals surface area contributed by atoms with Crippen molar-refractivity contribution in [1.82, 2.24) is 9.88 Å². The molecule has 0 radical (unpaired) electrons. The SMILES string of the molecule is CCN(Cc1ccncc1)C(=O)c1ccc(NN)cc1. The number of aromatic nitrogens is 1. The molecule has 0 saturated heterocycles. The van der Waals surface area contributed by atoms with E-state index in [0.717, 1.165) is 11.3 Å². The van der Waals surface area contributed by atoms with Gasteiger partial charge in [0.2, 0.25) is 0 Å². The van der Waals surface area contributed by atoms with Gasteiger partial charge in [0.1, 0.15) is 0 Å². The fraction of sp³-hybridized carbons (Fsp3) is 0.200. The topological polar surface area (TPSA) is 71.2 Å². The van der Waals surface area contributed by atoms with Gasteiger partial charge < -0.3 is 10.3 Å². The Labute approximate surface area is 118 Å². The van der Waals surface area contributed by atoms with E-state index >= 15 is 0 Å². The molecule has 20 heavy (non-hydrogen) atoms. The van der Waals surface area contributed by atoms with Crippen molar-refractivity contribution in [3.8, 4) is 0 Å². The number of amides is 1. The molecule has 0 bridgehead atoms. The van der Waals surface area contributed by atoms with E-state index in [1.54, 1.807) is 41.6 Å². The Balaban J connectivity index is 2.12. The molecule has 0 fully saturated rings. The van der Waals surface area contributed by atoms with E-state index in [4.69, 9.17) is 5.84 Å². The maximum atomic E-state index is 12.4. The normalized spacial score (nSPS) is 10.1. The highest BCUT2D eigenvalue weighted by Gasteiger charge is 2.14. The summed E-state index contributed by atoms with van der Waals surface area (Å²) in [6, 6.07) is 10.9. The van der Waals surface area contributed by atoms with E-state index in [2.05, 4.69) is 10.4 Å². The number of nitrogens with two attached hydrogens (primary N) is 1. The summed E-state index contributed by atoms with van der Waals surface area (Å²) in [5.74, 6) is 5.32. The van der Waals surface area contributed by atoms with Gasteiger partial charge in [-0.1, -0.05) is 0 Å². The predicted octanol–water partition coefficient (Wildman–Crippen LogP) is 2.03. The smallest absolute Gasteiger partial charge is 0.254 e. The number of hydrogen-bond donors (Lipinski definition) is 2. The third-order valence-electron chi connectivity index (χ3n) is 3.09. The zero-order chi connectivity index (χ0) is 14.4. The summed E-state index contributed by atoms with van der Waals surface area (Å²) in [5.41, 5.74) is 5.04. The van der Waals surface area contributed by atoms with Crippen LogP contribution in [0.4, 0.5) is 5.69 Å². The minimum atomic E-state index is 0.00730. The maximum absolute atomic E-state index is 12.4. The molecule has 0 saturated carbocycles. The van der Waals surface area contributed by atoms with Crippen LogP contribution in [0.25, 0.3) is 0 Å². The molecule has 2 aromatic rings. The van der Waals surface area contributed by atoms with Crippen LogP contribution in [0.15, 0.2) is 48.8 Å². The molecular formula is C15H18N4O. The molecule has 0 aliphatic rings. The fourth-order valence-electron chi connectivity index (χ4n) is 1.93. The number of nitrogens with one attached hydrogen (secondary N) is 1. The van der Waals surface area contributed by atoms with Crippen LogP contribution < -0.4 is 11.3 Å². The number of pyridine rings is 1. The summed E-state index contributed by atoms with van der Waals surface area (Å²) in [7, 11) is 0. The van der Waals surface area contributed by atoms with Gasteiger partial charge in [-0.2, -0.15) is 0 Å². The second-order valence-electron chi connectivity index (χ2n) is 4.40. The quantitative estimate of drug-likeness (QED) is 0.644. The van der Waals surface area contributed by atoms with Crippen LogP contribution in [0.3, 0.4) is 0 Å². The Bertz CT molecular complexity index is 554. The van der Waals surface area contributed by atoms with Crippen LogP contribution in [-0.2, 0) is 6.54 Å². The monoisotopic (exact) mass is 270 g/mol. The summed E-state index contributed by atoms with van der Waals surface area (Å²) < 4.78 is 0. The van der Waals surface area contributed by atoms with Gasteiger partial charge in [-0.25, -0.2) is 0 Å². The first kappa shape index (κ1) is 14.0. The minimum absolute atomic E-state index is 0.00730. The number of hydrogen-bond acceptors (Lipinski definition) is 4. The van der Waals surface area contributed by atoms with Gasteiger partial charge in [-0.05, 0) is 48.9 Å². The molecule has 3 N–H and O–H groups in total. The van der Waals surface area contributed by atoms with Crippen molar-refractivity contribution >= 4 is 11.6 Å². The average Bonchev–Trinajstić information content (AvgIpc) is 2.53. The molecule has 1 aromatic carbocycles. The highest BCUT2D eigenvalue weighted by atomic mass is 16.2. The van der Waals surface area contributed by atoms with Gasteiger partial charge in [0.25, 0.3) is 5.91 Å². The molecule has 5 heteroatoms. The van der Waals surface area contributed by atoms with Crippen LogP contribution in [-0.4, -0.2) is 22.3 Å². The Morgan fingerprint density at radius 2 is 1.85 bits per heavy atom. The van der Waals surface area contributed by atoms with Crippen molar-refractivity contribution in [2.45, 2.75) is 13.5 Å². The van der Waals surface area contributed by atoms with Crippen molar-refractivity contribution in [3.05, 3.63) is 59.9 Å². The van der Waals surface area contributed by atoms with Gasteiger partial charge in [0.15, 0.2) is 0 Å². The first-order chi connectivity index (χ1) is 9.74. The summed E-state index contributed by atoms with van der Waals surface area (Å²) in [6.07, 6.45) is 3.46. The van der Waals surface area contributed by atoms with E-state index in [-0.39, 0.29) is 5.91 Å². The van der Waals surface area contributed by atoms with Gasteiger partial charge >= 0.3 is 0 Å². The van der Waals surface area contributed by atoms with Crippen molar-refractivity contribution in [2.75, 3.05) is 12.0 Å². The van der Waals surface area contributed by atoms with Crippen molar-refractivity contribution in [2.24, 2.45) is 5.84 Å². The summed E-state index contributed by atoms with van der Waals surface area (Å²) in [4.78, 5) is 18.2. The van der Waals surface area contributed by atoms with E-state index in [9.17, 15) is 4.79 Å². The number of benzene rings is 1. The predicted molar refractivity (Wildman–Crippen MR) is 78.9 cm³/mol. The molecule has 1 aromatic heterocycles. The number of carbonyl (C=O) groups excluding carboxylic acids is 1. The van der Waals surface area contributed by atoms with E-state index < -0.39 is 0 Å². The van der Waals surface area contributed by atoms with E-state index in [1.807, 2.05) is 19.1 Å². The lowest BCUT2D eigenvalue weighted by molar-refractivity contribution is 0.0752. The Kier molecular flexibility index (Phi) is 4.68. The van der Waals surface area contributed by atoms with Crippen molar-refractivity contribution < 1.29 is 4.79 Å². The Morgan fingerprint density at radius 3 is 2.40 bits per heavy atom. The lowest BCUT2D eigenvalue weighted by Gasteiger charge is -2.21. The number of carbonyl (C=O) groups is 1. The van der Waals surface area contributed by atoms with E-state index in [1.165, 1.54) is 0 Å². The van der Waals surface area contributed by atoms with Crippen molar-refractivity contribution in [1.29, 1.82) is 0 Å². The Morgan fingerprint density at radius 1 is 1.20 bits per heavy atom. The van der Waals surface area contributed by atoms with Crippen molar-refractivity contribution in [3.63, 3.8) is 0 Å². The van der Waals surface area contributed by atoms with Gasteiger partial charge in [0.05, 0.1) is 0 Å². The molecule has 0 aliphatic heterocycles. The molecule has 1 amide bonds. The molecule has 1 heterocycles. The summed E-state index contributed by atoms with van der Waals surface area (Å²) >= 11 is 0. The maximum Gasteiger partial charge on any atom is 0.254 e. The zero-order valence-electron chi connectivity index (χ0n) is 11.4. The number of nitrogen functional groups attached to an aromatic ring is 1. The molecule has 5 nitrogen and oxygen atoms in total. The lowest BCUT2D eigenvalue weighted by atomic mass is 10.1. The first-order valence-corrected chi connectivity index (χ1v) is 6.49. The largest absolute Gasteiger partial charge is 0.335 e. The highest BCUT2D eigenvalue weighted by molar-refractivity contribution is 5.94. The fourth-order valence-corrected chi connectivity index (χ4v) is 1.93. The molecule has 104 valence electrons. The highest BCUT2D eigenvalue weighted by Crippen LogP contribution is 2.12. The number of anilines is 1. The molecule has 0 spiro atoms. The summed E-state index contributed by atoms with van der Waals surface area (Å²) in [5, 5.41) is 0. The molecule has 0 unspecified atom stereocenters. The minimum Gasteiger partial charge on any atom is -0.335 e. The second-order valence-corrected chi connectivity index (χ2v) is 4.40. The average molecular weight is 270 g/mol. The third-order valence-corrected chi connectivity index (χ3v) is 3.09.